The van der Waals surface area contributed by atoms with Crippen LogP contribution in [0.4, 0.5) is 0 Å². The van der Waals surface area contributed by atoms with E-state index in [0.717, 1.165) is 11.5 Å². The molecular weight excluding hydrogens is 274 g/mol. The maximum atomic E-state index is 10.4. The third-order valence-electron chi connectivity index (χ3n) is 3.76. The van der Waals surface area contributed by atoms with E-state index in [1.807, 2.05) is 6.92 Å². The monoisotopic (exact) mass is 299 g/mol. The smallest absolute Gasteiger partial charge is 0.124 e. The van der Waals surface area contributed by atoms with Crippen molar-refractivity contribution in [3.63, 3.8) is 0 Å². The first-order chi connectivity index (χ1) is 9.10. The molecular formula is C15H25NO3S. The van der Waals surface area contributed by atoms with Crippen LogP contribution in [-0.2, 0) is 10.1 Å². The van der Waals surface area contributed by atoms with Crippen molar-refractivity contribution >= 4 is 10.1 Å². The summed E-state index contributed by atoms with van der Waals surface area (Å²) in [7, 11) is 0.381. The van der Waals surface area contributed by atoms with E-state index in [2.05, 4.69) is 21.0 Å². The van der Waals surface area contributed by atoms with Gasteiger partial charge in [-0.3, -0.25) is 0 Å². The third kappa shape index (κ3) is 6.03. The van der Waals surface area contributed by atoms with E-state index >= 15 is 0 Å². The first kappa shape index (κ1) is 17.1. The Morgan fingerprint density at radius 1 is 1.10 bits per heavy atom. The molecule has 0 spiro atoms. The summed E-state index contributed by atoms with van der Waals surface area (Å²) in [5.41, 5.74) is 0.928. The van der Waals surface area contributed by atoms with Crippen LogP contribution in [0.5, 0.6) is 0 Å². The van der Waals surface area contributed by atoms with Crippen LogP contribution in [0.3, 0.4) is 0 Å². The van der Waals surface area contributed by atoms with Crippen molar-refractivity contribution in [3.05, 3.63) is 29.8 Å². The van der Waals surface area contributed by atoms with E-state index in [1.165, 1.54) is 42.5 Å². The average Bonchev–Trinajstić information content (AvgIpc) is 2.33. The number of nitrogens with zero attached hydrogens (tertiary/aromatic N) is 1. The molecule has 0 aromatic heterocycles. The van der Waals surface area contributed by atoms with Crippen LogP contribution in [0.1, 0.15) is 25.3 Å². The van der Waals surface area contributed by atoms with Crippen LogP contribution in [0.15, 0.2) is 29.2 Å². The first-order valence-electron chi connectivity index (χ1n) is 6.95. The molecule has 1 aromatic carbocycles. The summed E-state index contributed by atoms with van der Waals surface area (Å²) in [6.07, 6.45) is 2.85. The van der Waals surface area contributed by atoms with E-state index in [4.69, 9.17) is 0 Å². The van der Waals surface area contributed by atoms with Crippen LogP contribution in [-0.4, -0.2) is 44.6 Å². The molecule has 0 atom stereocenters. The molecule has 0 aliphatic carbocycles. The van der Waals surface area contributed by atoms with Crippen molar-refractivity contribution in [2.24, 2.45) is 5.92 Å². The highest BCUT2D eigenvalue weighted by molar-refractivity contribution is 7.85. The van der Waals surface area contributed by atoms with Gasteiger partial charge in [-0.2, -0.15) is 0 Å². The van der Waals surface area contributed by atoms with Crippen molar-refractivity contribution in [2.75, 3.05) is 27.2 Å². The zero-order chi connectivity index (χ0) is 15.4. The molecule has 1 aliphatic rings. The lowest BCUT2D eigenvalue weighted by atomic mass is 9.98. The van der Waals surface area contributed by atoms with E-state index in [9.17, 15) is 13.0 Å². The van der Waals surface area contributed by atoms with Gasteiger partial charge in [0.2, 0.25) is 0 Å². The second-order valence-electron chi connectivity index (χ2n) is 6.33. The Morgan fingerprint density at radius 3 is 1.90 bits per heavy atom. The number of hydrogen-bond donors (Lipinski definition) is 0. The molecule has 0 unspecified atom stereocenters. The van der Waals surface area contributed by atoms with E-state index in [0.29, 0.717) is 0 Å². The molecule has 1 fully saturated rings. The quantitative estimate of drug-likeness (QED) is 0.591. The molecule has 1 heterocycles. The minimum absolute atomic E-state index is 0.178. The van der Waals surface area contributed by atoms with Gasteiger partial charge in [0.05, 0.1) is 32.1 Å². The van der Waals surface area contributed by atoms with Crippen LogP contribution in [0.2, 0.25) is 0 Å². The van der Waals surface area contributed by atoms with Crippen LogP contribution >= 0.6 is 0 Å². The predicted molar refractivity (Wildman–Crippen MR) is 79.4 cm³/mol. The van der Waals surface area contributed by atoms with Crippen molar-refractivity contribution in [2.45, 2.75) is 31.6 Å². The molecule has 1 aromatic rings. The number of aryl methyl sites for hydroxylation is 1. The minimum Gasteiger partial charge on any atom is -0.744 e. The van der Waals surface area contributed by atoms with Crippen LogP contribution in [0, 0.1) is 12.8 Å². The molecule has 0 radical (unpaired) electrons. The Labute approximate surface area is 122 Å². The van der Waals surface area contributed by atoms with Gasteiger partial charge in [-0.15, -0.1) is 0 Å². The first-order valence-corrected chi connectivity index (χ1v) is 8.35. The normalized spacial score (nSPS) is 19.1. The summed E-state index contributed by atoms with van der Waals surface area (Å²) in [6.45, 7) is 6.93. The van der Waals surface area contributed by atoms with Gasteiger partial charge >= 0.3 is 0 Å². The molecule has 4 nitrogen and oxygen atoms in total. The molecule has 20 heavy (non-hydrogen) atoms. The van der Waals surface area contributed by atoms with Crippen LogP contribution in [0.25, 0.3) is 0 Å². The standard InChI is InChI=1S/C8H18N.C7H8O3S/c1-8-4-6-9(2,3)7-5-8;1-6-2-4-7(5-3-6)11(8,9)10/h8H,4-7H2,1-3H3;2-5H,1H3,(H,8,9,10)/q+1;/p-1. The van der Waals surface area contributed by atoms with Gasteiger partial charge in [-0.25, -0.2) is 8.42 Å². The second kappa shape index (κ2) is 6.70. The highest BCUT2D eigenvalue weighted by Gasteiger charge is 2.22. The Balaban J connectivity index is 0.000000204. The number of quaternary nitrogens is 1. The fraction of sp³-hybridized carbons (Fsp3) is 0.600. The highest BCUT2D eigenvalue weighted by atomic mass is 32.2. The van der Waals surface area contributed by atoms with Crippen LogP contribution < -0.4 is 0 Å². The average molecular weight is 299 g/mol. The van der Waals surface area contributed by atoms with Crippen molar-refractivity contribution in [3.8, 4) is 0 Å². The van der Waals surface area contributed by atoms with Gasteiger partial charge in [0.15, 0.2) is 0 Å². The summed E-state index contributed by atoms with van der Waals surface area (Å²) < 4.78 is 32.4. The Morgan fingerprint density at radius 2 is 1.55 bits per heavy atom. The molecule has 114 valence electrons. The predicted octanol–water partition coefficient (Wildman–Crippen LogP) is 2.39. The number of likely N-dealkylation sites (tertiary alicyclic amines) is 1. The summed E-state index contributed by atoms with van der Waals surface area (Å²) in [5.74, 6) is 0.983. The molecule has 0 amide bonds. The molecule has 0 N–H and O–H groups in total. The molecule has 0 saturated carbocycles. The zero-order valence-corrected chi connectivity index (χ0v) is 13.6. The SMILES string of the molecule is CC1CC[N+](C)(C)CC1.Cc1ccc(S(=O)(=O)[O-])cc1. The minimum atomic E-state index is -4.27. The molecule has 1 saturated heterocycles. The highest BCUT2D eigenvalue weighted by Crippen LogP contribution is 2.18. The molecule has 5 heteroatoms. The zero-order valence-electron chi connectivity index (χ0n) is 12.8. The maximum Gasteiger partial charge on any atom is 0.124 e. The van der Waals surface area contributed by atoms with E-state index in [-0.39, 0.29) is 4.90 Å². The lowest BCUT2D eigenvalue weighted by Crippen LogP contribution is -2.45. The van der Waals surface area contributed by atoms with Crippen molar-refractivity contribution in [1.29, 1.82) is 0 Å². The van der Waals surface area contributed by atoms with Gasteiger partial charge < -0.3 is 9.04 Å². The Kier molecular flexibility index (Phi) is 5.74. The Bertz CT molecular complexity index is 511. The van der Waals surface area contributed by atoms with Gasteiger partial charge in [-0.05, 0) is 37.8 Å². The number of benzene rings is 1. The van der Waals surface area contributed by atoms with E-state index in [1.54, 1.807) is 12.1 Å². The third-order valence-corrected chi connectivity index (χ3v) is 4.61. The van der Waals surface area contributed by atoms with Gasteiger partial charge in [0, 0.05) is 0 Å². The van der Waals surface area contributed by atoms with Gasteiger partial charge in [0.1, 0.15) is 10.1 Å². The second-order valence-corrected chi connectivity index (χ2v) is 7.71. The van der Waals surface area contributed by atoms with Crippen molar-refractivity contribution < 1.29 is 17.5 Å². The molecule has 1 aliphatic heterocycles. The van der Waals surface area contributed by atoms with Gasteiger partial charge in [-0.1, -0.05) is 24.6 Å². The fourth-order valence-electron chi connectivity index (χ4n) is 2.10. The number of rotatable bonds is 1. The van der Waals surface area contributed by atoms with E-state index < -0.39 is 10.1 Å². The van der Waals surface area contributed by atoms with Gasteiger partial charge in [0.25, 0.3) is 0 Å². The molecule has 0 bridgehead atoms. The maximum absolute atomic E-state index is 10.4. The topological polar surface area (TPSA) is 57.2 Å². The summed E-state index contributed by atoms with van der Waals surface area (Å²) in [6, 6.07) is 5.78. The lowest BCUT2D eigenvalue weighted by Gasteiger charge is -2.35. The van der Waals surface area contributed by atoms with Crippen molar-refractivity contribution in [1.82, 2.24) is 0 Å². The summed E-state index contributed by atoms with van der Waals surface area (Å²) in [4.78, 5) is -0.178. The fourth-order valence-corrected chi connectivity index (χ4v) is 2.57. The lowest BCUT2D eigenvalue weighted by molar-refractivity contribution is -0.896. The largest absolute Gasteiger partial charge is 0.744 e. The number of piperidine rings is 1. The summed E-state index contributed by atoms with van der Waals surface area (Å²) in [5, 5.41) is 0. The summed E-state index contributed by atoms with van der Waals surface area (Å²) >= 11 is 0. The molecule has 2 rings (SSSR count). The Hall–Kier alpha value is -0.910. The number of hydrogen-bond acceptors (Lipinski definition) is 3.